The third-order valence-corrected chi connectivity index (χ3v) is 4.84. The Labute approximate surface area is 176 Å². The molecule has 4 rings (SSSR count). The van der Waals surface area contributed by atoms with Crippen molar-refractivity contribution in [1.82, 2.24) is 0 Å². The molecule has 2 aliphatic rings. The molecular weight excluding hydrogens is 414 g/mol. The Morgan fingerprint density at radius 2 is 1.71 bits per heavy atom. The molecule has 3 heteroatoms. The van der Waals surface area contributed by atoms with Crippen LogP contribution in [0.2, 0.25) is 0 Å². The van der Waals surface area contributed by atoms with Crippen molar-refractivity contribution in [2.75, 3.05) is 0 Å². The number of fused-ring (bicyclic) bond motifs is 3. The molecule has 0 bridgehead atoms. The van der Waals surface area contributed by atoms with Crippen molar-refractivity contribution in [3.8, 4) is 11.1 Å². The molecule has 0 saturated carbocycles. The van der Waals surface area contributed by atoms with Gasteiger partial charge in [-0.2, -0.15) is 0 Å². The van der Waals surface area contributed by atoms with E-state index in [1.807, 2.05) is 0 Å². The van der Waals surface area contributed by atoms with Gasteiger partial charge >= 0.3 is 0 Å². The molecule has 0 saturated heterocycles. The molecule has 0 atom stereocenters. The fraction of sp³-hybridized carbons (Fsp3) is 0.238. The summed E-state index contributed by atoms with van der Waals surface area (Å²) in [5.74, 6) is 0. The number of hydrogen-bond acceptors (Lipinski definition) is 0. The van der Waals surface area contributed by atoms with E-state index in [1.54, 1.807) is 16.7 Å². The average molecular weight is 437 g/mol. The molecule has 2 aromatic carbocycles. The van der Waals surface area contributed by atoms with E-state index >= 15 is 0 Å². The first-order chi connectivity index (χ1) is 10.2. The number of benzene rings is 2. The van der Waals surface area contributed by atoms with Gasteiger partial charge in [0.2, 0.25) is 0 Å². The standard InChI is InChI=1S/C21H20.2ClH.Zr/c1-14-7-9-18-17(11-14)13-21-19(18)10-8-15(2)20(21)12-16-5-3-4-6-16;;;/h3-5,7-11H,6,12-13H2,1-2H3;2*1H;. The molecule has 0 amide bonds. The summed E-state index contributed by atoms with van der Waals surface area (Å²) < 4.78 is 0. The minimum Gasteiger partial charge on any atom is -0.147 e. The molecule has 0 aromatic heterocycles. The van der Waals surface area contributed by atoms with Crippen molar-refractivity contribution >= 4 is 24.8 Å². The summed E-state index contributed by atoms with van der Waals surface area (Å²) >= 11 is 0. The monoisotopic (exact) mass is 434 g/mol. The summed E-state index contributed by atoms with van der Waals surface area (Å²) in [6.45, 7) is 4.44. The van der Waals surface area contributed by atoms with E-state index in [2.05, 4.69) is 62.4 Å². The van der Waals surface area contributed by atoms with E-state index in [9.17, 15) is 0 Å². The molecule has 0 radical (unpaired) electrons. The summed E-state index contributed by atoms with van der Waals surface area (Å²) in [7, 11) is 0. The fourth-order valence-corrected chi connectivity index (χ4v) is 3.68. The van der Waals surface area contributed by atoms with Crippen LogP contribution in [0.3, 0.4) is 0 Å². The van der Waals surface area contributed by atoms with Crippen molar-refractivity contribution in [3.05, 3.63) is 82.0 Å². The van der Waals surface area contributed by atoms with Gasteiger partial charge in [0.25, 0.3) is 0 Å². The third-order valence-electron chi connectivity index (χ3n) is 4.84. The van der Waals surface area contributed by atoms with Crippen LogP contribution in [0.15, 0.2) is 54.1 Å². The Bertz CT molecular complexity index is 804. The zero-order chi connectivity index (χ0) is 14.4. The molecule has 2 aliphatic carbocycles. The van der Waals surface area contributed by atoms with Crippen molar-refractivity contribution < 1.29 is 26.2 Å². The minimum atomic E-state index is 0. The molecule has 0 unspecified atom stereocenters. The average Bonchev–Trinajstić information content (AvgIpc) is 3.08. The van der Waals surface area contributed by atoms with E-state index in [0.29, 0.717) is 0 Å². The molecule has 0 nitrogen and oxygen atoms in total. The van der Waals surface area contributed by atoms with Gasteiger partial charge in [0.1, 0.15) is 0 Å². The van der Waals surface area contributed by atoms with E-state index in [0.717, 1.165) is 19.3 Å². The molecule has 24 heavy (non-hydrogen) atoms. The summed E-state index contributed by atoms with van der Waals surface area (Å²) in [4.78, 5) is 0. The Morgan fingerprint density at radius 3 is 2.42 bits per heavy atom. The fourth-order valence-electron chi connectivity index (χ4n) is 3.68. The van der Waals surface area contributed by atoms with Gasteiger partial charge in [-0.3, -0.25) is 0 Å². The molecule has 124 valence electrons. The van der Waals surface area contributed by atoms with Crippen molar-refractivity contribution in [2.45, 2.75) is 33.1 Å². The first-order valence-electron chi connectivity index (χ1n) is 7.78. The predicted octanol–water partition coefficient (Wildman–Crippen LogP) is 6.14. The van der Waals surface area contributed by atoms with Gasteiger partial charge in [0.15, 0.2) is 0 Å². The predicted molar refractivity (Wildman–Crippen MR) is 104 cm³/mol. The van der Waals surface area contributed by atoms with E-state index < -0.39 is 0 Å². The van der Waals surface area contributed by atoms with Crippen LogP contribution in [0, 0.1) is 13.8 Å². The normalized spacial score (nSPS) is 13.2. The van der Waals surface area contributed by atoms with E-state index in [-0.39, 0.29) is 51.0 Å². The summed E-state index contributed by atoms with van der Waals surface area (Å²) in [5, 5.41) is 0. The molecule has 0 N–H and O–H groups in total. The second-order valence-corrected chi connectivity index (χ2v) is 6.36. The van der Waals surface area contributed by atoms with Crippen LogP contribution in [0.5, 0.6) is 0 Å². The smallest absolute Gasteiger partial charge is 0 e. The first kappa shape index (κ1) is 21.4. The third kappa shape index (κ3) is 3.80. The summed E-state index contributed by atoms with van der Waals surface area (Å²) in [6.07, 6.45) is 10.1. The molecule has 0 fully saturated rings. The van der Waals surface area contributed by atoms with Gasteiger partial charge in [-0.1, -0.05) is 59.7 Å². The van der Waals surface area contributed by atoms with E-state index in [1.165, 1.54) is 27.8 Å². The second kappa shape index (κ2) is 8.66. The van der Waals surface area contributed by atoms with Crippen LogP contribution >= 0.6 is 24.8 Å². The Balaban J connectivity index is 0.000000960. The number of hydrogen-bond donors (Lipinski definition) is 0. The van der Waals surface area contributed by atoms with E-state index in [4.69, 9.17) is 0 Å². The number of allylic oxidation sites excluding steroid dienone is 4. The molecule has 2 aromatic rings. The SMILES string of the molecule is Cc1ccc2c(c1)Cc1c-2ccc(C)c1CC1=CC=CC1.Cl.Cl.[Zr]. The summed E-state index contributed by atoms with van der Waals surface area (Å²) in [6, 6.07) is 11.5. The summed E-state index contributed by atoms with van der Waals surface area (Å²) in [5.41, 5.74) is 11.8. The van der Waals surface area contributed by atoms with Crippen LogP contribution in [-0.4, -0.2) is 0 Å². The Kier molecular flexibility index (Phi) is 7.73. The van der Waals surface area contributed by atoms with Gasteiger partial charge in [-0.05, 0) is 66.5 Å². The quantitative estimate of drug-likeness (QED) is 0.452. The van der Waals surface area contributed by atoms with Crippen LogP contribution in [0.25, 0.3) is 11.1 Å². The maximum Gasteiger partial charge on any atom is 0 e. The maximum atomic E-state index is 2.35. The van der Waals surface area contributed by atoms with Crippen LogP contribution in [0.1, 0.15) is 34.2 Å². The molecular formula is C21H22Cl2Zr. The topological polar surface area (TPSA) is 0 Å². The van der Waals surface area contributed by atoms with Crippen molar-refractivity contribution in [2.24, 2.45) is 0 Å². The number of rotatable bonds is 2. The zero-order valence-corrected chi connectivity index (χ0v) is 18.1. The first-order valence-corrected chi connectivity index (χ1v) is 7.78. The molecule has 0 spiro atoms. The molecule has 0 aliphatic heterocycles. The minimum absolute atomic E-state index is 0. The molecule has 0 heterocycles. The van der Waals surface area contributed by atoms with Crippen molar-refractivity contribution in [3.63, 3.8) is 0 Å². The Hall–Kier alpha value is -0.617. The Morgan fingerprint density at radius 1 is 0.958 bits per heavy atom. The van der Waals surface area contributed by atoms with Gasteiger partial charge < -0.3 is 0 Å². The zero-order valence-electron chi connectivity index (χ0n) is 14.1. The van der Waals surface area contributed by atoms with Gasteiger partial charge in [-0.15, -0.1) is 24.8 Å². The van der Waals surface area contributed by atoms with Gasteiger partial charge in [-0.25, -0.2) is 0 Å². The van der Waals surface area contributed by atoms with Gasteiger partial charge in [0, 0.05) is 26.2 Å². The number of halogens is 2. The second-order valence-electron chi connectivity index (χ2n) is 6.36. The van der Waals surface area contributed by atoms with Crippen molar-refractivity contribution in [1.29, 1.82) is 0 Å². The van der Waals surface area contributed by atoms with Crippen LogP contribution in [0.4, 0.5) is 0 Å². The van der Waals surface area contributed by atoms with Crippen LogP contribution < -0.4 is 0 Å². The maximum absolute atomic E-state index is 2.35. The number of aryl methyl sites for hydroxylation is 2. The van der Waals surface area contributed by atoms with Crippen LogP contribution in [-0.2, 0) is 39.0 Å². The largest absolute Gasteiger partial charge is 0.147 e. The van der Waals surface area contributed by atoms with Gasteiger partial charge in [0.05, 0.1) is 0 Å².